The van der Waals surface area contributed by atoms with Crippen LogP contribution < -0.4 is 0 Å². The van der Waals surface area contributed by atoms with Crippen molar-refractivity contribution in [2.75, 3.05) is 0 Å². The molecule has 1 aromatic rings. The molecule has 1 saturated carbocycles. The van der Waals surface area contributed by atoms with Crippen LogP contribution in [0.3, 0.4) is 0 Å². The molecule has 2 atom stereocenters. The molecule has 2 aliphatic carbocycles. The standard InChI is InChI=1S/C15H16O/c16-15-12-7-4-8-14(15)13(10-9-12)11-5-2-1-3-6-11/h1-3,5-6,10,12,14H,4,7-9H2/t12-,14-/m1/s1. The van der Waals surface area contributed by atoms with Crippen LogP contribution in [0.1, 0.15) is 31.2 Å². The van der Waals surface area contributed by atoms with Crippen molar-refractivity contribution in [3.05, 3.63) is 42.0 Å². The van der Waals surface area contributed by atoms with E-state index >= 15 is 0 Å². The van der Waals surface area contributed by atoms with Crippen LogP contribution in [0.15, 0.2) is 36.4 Å². The highest BCUT2D eigenvalue weighted by atomic mass is 16.1. The average Bonchev–Trinajstić information content (AvgIpc) is 2.30. The van der Waals surface area contributed by atoms with Gasteiger partial charge in [-0.3, -0.25) is 4.79 Å². The molecule has 0 saturated heterocycles. The zero-order chi connectivity index (χ0) is 11.0. The minimum atomic E-state index is 0.190. The van der Waals surface area contributed by atoms with Crippen molar-refractivity contribution < 1.29 is 4.79 Å². The fraction of sp³-hybridized carbons (Fsp3) is 0.400. The predicted octanol–water partition coefficient (Wildman–Crippen LogP) is 3.46. The van der Waals surface area contributed by atoms with Crippen molar-refractivity contribution in [2.45, 2.75) is 25.7 Å². The second-order valence-electron chi connectivity index (χ2n) is 4.84. The first kappa shape index (κ1) is 9.83. The van der Waals surface area contributed by atoms with Gasteiger partial charge in [0.05, 0.1) is 0 Å². The Balaban J connectivity index is 1.99. The van der Waals surface area contributed by atoms with Gasteiger partial charge in [0.15, 0.2) is 0 Å². The third-order valence-electron chi connectivity index (χ3n) is 3.90. The lowest BCUT2D eigenvalue weighted by Gasteiger charge is -2.33. The Morgan fingerprint density at radius 2 is 1.88 bits per heavy atom. The predicted molar refractivity (Wildman–Crippen MR) is 64.9 cm³/mol. The summed E-state index contributed by atoms with van der Waals surface area (Å²) in [6, 6.07) is 10.4. The number of benzene rings is 1. The Morgan fingerprint density at radius 1 is 1.06 bits per heavy atom. The third-order valence-corrected chi connectivity index (χ3v) is 3.90. The van der Waals surface area contributed by atoms with Gasteiger partial charge in [-0.05, 0) is 30.4 Å². The van der Waals surface area contributed by atoms with Crippen LogP contribution in [0.5, 0.6) is 0 Å². The summed E-state index contributed by atoms with van der Waals surface area (Å²) in [5, 5.41) is 0. The Labute approximate surface area is 96.2 Å². The number of hydrogen-bond donors (Lipinski definition) is 0. The molecule has 0 unspecified atom stereocenters. The van der Waals surface area contributed by atoms with Gasteiger partial charge in [0.25, 0.3) is 0 Å². The molecule has 16 heavy (non-hydrogen) atoms. The zero-order valence-corrected chi connectivity index (χ0v) is 9.36. The van der Waals surface area contributed by atoms with Crippen LogP contribution >= 0.6 is 0 Å². The summed E-state index contributed by atoms with van der Waals surface area (Å²) in [5.41, 5.74) is 2.52. The molecular weight excluding hydrogens is 196 g/mol. The number of carbonyl (C=O) groups excluding carboxylic acids is 1. The lowest BCUT2D eigenvalue weighted by Crippen LogP contribution is -2.32. The smallest absolute Gasteiger partial charge is 0.143 e. The van der Waals surface area contributed by atoms with Crippen molar-refractivity contribution in [1.29, 1.82) is 0 Å². The average molecular weight is 212 g/mol. The van der Waals surface area contributed by atoms with Gasteiger partial charge in [0.1, 0.15) is 5.78 Å². The van der Waals surface area contributed by atoms with Gasteiger partial charge in [-0.1, -0.05) is 42.8 Å². The van der Waals surface area contributed by atoms with Crippen molar-refractivity contribution in [3.8, 4) is 0 Å². The van der Waals surface area contributed by atoms with Gasteiger partial charge in [0.2, 0.25) is 0 Å². The molecule has 0 radical (unpaired) electrons. The van der Waals surface area contributed by atoms with E-state index in [2.05, 4.69) is 30.3 Å². The van der Waals surface area contributed by atoms with Crippen LogP contribution in [0.4, 0.5) is 0 Å². The minimum absolute atomic E-state index is 0.190. The van der Waals surface area contributed by atoms with E-state index in [9.17, 15) is 4.79 Å². The molecule has 1 aromatic carbocycles. The highest BCUT2D eigenvalue weighted by molar-refractivity contribution is 5.97. The van der Waals surface area contributed by atoms with E-state index in [-0.39, 0.29) is 5.92 Å². The van der Waals surface area contributed by atoms with E-state index < -0.39 is 0 Å². The molecule has 2 aliphatic rings. The first-order valence-electron chi connectivity index (χ1n) is 6.15. The van der Waals surface area contributed by atoms with Gasteiger partial charge in [-0.15, -0.1) is 0 Å². The van der Waals surface area contributed by atoms with E-state index in [1.165, 1.54) is 17.6 Å². The van der Waals surface area contributed by atoms with Crippen LogP contribution in [0.2, 0.25) is 0 Å². The molecule has 0 spiro atoms. The Bertz CT molecular complexity index is 430. The molecule has 1 heteroatoms. The van der Waals surface area contributed by atoms with Gasteiger partial charge < -0.3 is 0 Å². The van der Waals surface area contributed by atoms with Gasteiger partial charge in [-0.2, -0.15) is 0 Å². The van der Waals surface area contributed by atoms with Gasteiger partial charge in [-0.25, -0.2) is 0 Å². The van der Waals surface area contributed by atoms with E-state index in [1.54, 1.807) is 0 Å². The lowest BCUT2D eigenvalue weighted by molar-refractivity contribution is -0.127. The summed E-state index contributed by atoms with van der Waals surface area (Å²) in [6.45, 7) is 0. The van der Waals surface area contributed by atoms with Gasteiger partial charge >= 0.3 is 0 Å². The first-order valence-corrected chi connectivity index (χ1v) is 6.15. The molecule has 1 fully saturated rings. The SMILES string of the molecule is O=C1[C@H]2CC=C(c3ccccc3)[C@H]1CCC2. The second kappa shape index (κ2) is 3.89. The molecule has 1 nitrogen and oxygen atoms in total. The fourth-order valence-corrected chi connectivity index (χ4v) is 3.04. The lowest BCUT2D eigenvalue weighted by atomic mass is 9.69. The number of ketones is 1. The molecule has 82 valence electrons. The maximum atomic E-state index is 12.2. The highest BCUT2D eigenvalue weighted by Gasteiger charge is 2.36. The molecule has 0 N–H and O–H groups in total. The van der Waals surface area contributed by atoms with E-state index in [4.69, 9.17) is 0 Å². The summed E-state index contributed by atoms with van der Waals surface area (Å²) < 4.78 is 0. The van der Waals surface area contributed by atoms with Gasteiger partial charge in [0, 0.05) is 11.8 Å². The summed E-state index contributed by atoms with van der Waals surface area (Å²) in [6.07, 6.45) is 6.62. The Hall–Kier alpha value is -1.37. The molecule has 2 bridgehead atoms. The van der Waals surface area contributed by atoms with Crippen molar-refractivity contribution in [2.24, 2.45) is 11.8 Å². The van der Waals surface area contributed by atoms with Crippen LogP contribution in [-0.4, -0.2) is 5.78 Å². The minimum Gasteiger partial charge on any atom is -0.299 e. The van der Waals surface area contributed by atoms with Crippen LogP contribution in [-0.2, 0) is 4.79 Å². The fourth-order valence-electron chi connectivity index (χ4n) is 3.04. The van der Waals surface area contributed by atoms with Crippen LogP contribution in [0, 0.1) is 11.8 Å². The molecule has 3 rings (SSSR count). The summed E-state index contributed by atoms with van der Waals surface area (Å²) >= 11 is 0. The Morgan fingerprint density at radius 3 is 2.69 bits per heavy atom. The highest BCUT2D eigenvalue weighted by Crippen LogP contribution is 2.41. The van der Waals surface area contributed by atoms with Crippen molar-refractivity contribution >= 4 is 11.4 Å². The molecule has 0 amide bonds. The monoisotopic (exact) mass is 212 g/mol. The molecule has 0 heterocycles. The quantitative estimate of drug-likeness (QED) is 0.696. The summed E-state index contributed by atoms with van der Waals surface area (Å²) in [5.74, 6) is 1.01. The molecular formula is C15H16O. The Kier molecular flexibility index (Phi) is 2.39. The summed E-state index contributed by atoms with van der Waals surface area (Å²) in [7, 11) is 0. The van der Waals surface area contributed by atoms with Crippen molar-refractivity contribution in [3.63, 3.8) is 0 Å². The number of fused-ring (bicyclic) bond motifs is 2. The van der Waals surface area contributed by atoms with Crippen molar-refractivity contribution in [1.82, 2.24) is 0 Å². The molecule has 0 aromatic heterocycles. The largest absolute Gasteiger partial charge is 0.299 e. The number of rotatable bonds is 1. The normalized spacial score (nSPS) is 28.8. The number of Topliss-reactive ketones (excluding diaryl/α,β-unsaturated/α-hetero) is 1. The maximum Gasteiger partial charge on any atom is 0.143 e. The maximum absolute atomic E-state index is 12.2. The second-order valence-corrected chi connectivity index (χ2v) is 4.84. The zero-order valence-electron chi connectivity index (χ0n) is 9.36. The van der Waals surface area contributed by atoms with Crippen LogP contribution in [0.25, 0.3) is 5.57 Å². The number of hydrogen-bond acceptors (Lipinski definition) is 1. The van der Waals surface area contributed by atoms with E-state index in [0.717, 1.165) is 19.3 Å². The topological polar surface area (TPSA) is 17.1 Å². The number of carbonyl (C=O) groups is 1. The van der Waals surface area contributed by atoms with E-state index in [1.807, 2.05) is 6.07 Å². The third kappa shape index (κ3) is 1.51. The first-order chi connectivity index (χ1) is 7.86. The molecule has 0 aliphatic heterocycles. The summed E-state index contributed by atoms with van der Waals surface area (Å²) in [4.78, 5) is 12.2. The number of allylic oxidation sites excluding steroid dienone is 2. The van der Waals surface area contributed by atoms with E-state index in [0.29, 0.717) is 11.7 Å².